The van der Waals surface area contributed by atoms with Crippen molar-refractivity contribution in [2.24, 2.45) is 40.5 Å². The van der Waals surface area contributed by atoms with Gasteiger partial charge in [-0.25, -0.2) is 19.4 Å². The van der Waals surface area contributed by atoms with Gasteiger partial charge < -0.3 is 108 Å². The quantitative estimate of drug-likeness (QED) is 0.0106. The summed E-state index contributed by atoms with van der Waals surface area (Å²) in [6.45, 7) is 19.7. The van der Waals surface area contributed by atoms with E-state index in [0.717, 1.165) is 47.4 Å². The van der Waals surface area contributed by atoms with Crippen molar-refractivity contribution in [2.45, 2.75) is 225 Å². The molecule has 2 bridgehead atoms. The number of oxazole rings is 1. The number of rotatable bonds is 42. The molecule has 4 aliphatic heterocycles. The van der Waals surface area contributed by atoms with Crippen molar-refractivity contribution >= 4 is 63.8 Å². The fourth-order valence-electron chi connectivity index (χ4n) is 16.5. The lowest BCUT2D eigenvalue weighted by Crippen LogP contribution is -2.63. The van der Waals surface area contributed by atoms with Crippen LogP contribution in [0.15, 0.2) is 87.7 Å². The number of nitrogen functional groups attached to an aromatic ring is 2. The first kappa shape index (κ1) is 101. The Kier molecular flexibility index (Phi) is 41.7. The van der Waals surface area contributed by atoms with Crippen LogP contribution in [0.5, 0.6) is 0 Å². The van der Waals surface area contributed by atoms with Crippen molar-refractivity contribution in [3.05, 3.63) is 101 Å². The van der Waals surface area contributed by atoms with Gasteiger partial charge in [-0.05, 0) is 138 Å². The monoisotopic (exact) mass is 1750 g/mol. The maximum atomic E-state index is 14.8. The van der Waals surface area contributed by atoms with Gasteiger partial charge in [-0.1, -0.05) is 76.3 Å². The zero-order valence-electron chi connectivity index (χ0n) is 74.5. The molecule has 7 heterocycles. The summed E-state index contributed by atoms with van der Waals surface area (Å²) < 4.78 is 88.6. The number of nitrogens with two attached hydrogens (primary N) is 2. The third-order valence-corrected chi connectivity index (χ3v) is 23.7. The number of ether oxygens (including phenoxy) is 14. The molecule has 4 aromatic rings. The number of esters is 1. The van der Waals surface area contributed by atoms with Crippen LogP contribution in [0, 0.1) is 35.5 Å². The van der Waals surface area contributed by atoms with E-state index in [1.807, 2.05) is 44.2 Å². The number of nitrogens with one attached hydrogen (secondary N) is 1. The minimum absolute atomic E-state index is 0.00866. The molecule has 0 spiro atoms. The number of aliphatic hydroxyl groups is 3. The number of hydrogen-bond acceptors (Lipinski definition) is 32. The molecular formula is C90H135N11O24. The third-order valence-electron chi connectivity index (χ3n) is 23.7. The number of piperidine rings is 1. The van der Waals surface area contributed by atoms with E-state index in [2.05, 4.69) is 30.6 Å². The minimum atomic E-state index is -2.76. The lowest BCUT2D eigenvalue weighted by Gasteiger charge is -2.46. The molecule has 2 saturated heterocycles. The fourth-order valence-corrected chi connectivity index (χ4v) is 16.5. The Morgan fingerprint density at radius 2 is 1.44 bits per heavy atom. The van der Waals surface area contributed by atoms with Gasteiger partial charge in [0.15, 0.2) is 17.2 Å². The van der Waals surface area contributed by atoms with E-state index < -0.39 is 83.4 Å². The lowest BCUT2D eigenvalue weighted by molar-refractivity contribution is -0.360. The van der Waals surface area contributed by atoms with Crippen LogP contribution in [0.2, 0.25) is 0 Å². The van der Waals surface area contributed by atoms with E-state index in [0.29, 0.717) is 184 Å². The number of methoxy groups -OCH3 is 3. The first-order valence-corrected chi connectivity index (χ1v) is 44.2. The summed E-state index contributed by atoms with van der Waals surface area (Å²) in [5, 5.41) is 47.2. The van der Waals surface area contributed by atoms with Crippen molar-refractivity contribution in [2.75, 3.05) is 152 Å². The van der Waals surface area contributed by atoms with E-state index in [4.69, 9.17) is 87.2 Å². The molecule has 2 amide bonds. The Hall–Kier alpha value is -8.08. The van der Waals surface area contributed by atoms with Gasteiger partial charge in [0.25, 0.3) is 17.7 Å². The Labute approximate surface area is 733 Å². The molecule has 1 unspecified atom stereocenters. The molecule has 16 atom stereocenters. The maximum absolute atomic E-state index is 14.8. The summed E-state index contributed by atoms with van der Waals surface area (Å²) in [4.78, 5) is 104. The zero-order chi connectivity index (χ0) is 89.8. The van der Waals surface area contributed by atoms with E-state index in [9.17, 15) is 44.1 Å². The Balaban J connectivity index is 0.605. The van der Waals surface area contributed by atoms with Crippen LogP contribution in [0.1, 0.15) is 180 Å². The highest BCUT2D eigenvalue weighted by atomic mass is 16.7. The molecule has 125 heavy (non-hydrogen) atoms. The van der Waals surface area contributed by atoms with Crippen LogP contribution in [0.25, 0.3) is 11.1 Å². The molecule has 8 N–H and O–H groups in total. The number of Topliss-reactive ketones (excluding diaryl/α,β-unsaturated/α-hetero) is 3. The van der Waals surface area contributed by atoms with Gasteiger partial charge in [0.2, 0.25) is 11.7 Å². The van der Waals surface area contributed by atoms with Crippen molar-refractivity contribution in [1.29, 1.82) is 0 Å². The summed E-state index contributed by atoms with van der Waals surface area (Å²) in [5.41, 5.74) is 18.0. The topological polar surface area (TPSA) is 455 Å². The number of aliphatic hydroxyl groups excluding tert-OH is 1. The second-order valence-corrected chi connectivity index (χ2v) is 33.3. The number of aromatic nitrogens is 6. The van der Waals surface area contributed by atoms with Crippen molar-refractivity contribution in [3.63, 3.8) is 0 Å². The van der Waals surface area contributed by atoms with E-state index in [-0.39, 0.29) is 118 Å². The van der Waals surface area contributed by atoms with E-state index >= 15 is 0 Å². The first-order chi connectivity index (χ1) is 60.2. The van der Waals surface area contributed by atoms with Gasteiger partial charge in [0.1, 0.15) is 53.5 Å². The van der Waals surface area contributed by atoms with Gasteiger partial charge in [-0.3, -0.25) is 29.0 Å². The molecule has 35 nitrogen and oxygen atoms in total. The summed E-state index contributed by atoms with van der Waals surface area (Å²) in [6.07, 6.45) is 15.6. The first-order valence-electron chi connectivity index (χ1n) is 44.2. The molecule has 3 fully saturated rings. The molecule has 35 heteroatoms. The number of fused-ring (bicyclic) bond motifs is 5. The standard InChI is InChI=1S/C90H135N11O24/c1-58-18-12-11-13-19-59(2)76(112-9)54-89(109)28-26-64(7)90(110,125-89)84(106)86(107)101-30-17-15-21-70(101)87(108)123-74(53-71(102)60(3)49-63(6)82(105)83(113-10)81(104)62(5)48-58)61(4)50-65-22-24-73(75(51-65)111-8)122-47-46-121-56-67-55-100(99-98-67)31-33-115-35-37-117-39-41-119-43-45-120-44-42-118-40-38-116-36-34-114-32-27-77(103)93-29-16-14-20-68-80-78(85(91)95-57-94-80)79(96-68)66-23-25-72-69(52-66)97-88(92)124-72/h11-13,18-19,23,25,49,52,55,57-58,60-62,64-65,68,70,73-76,82-83,105,109-110H,14-17,20-22,24,26-48,50-51,53-54,56H2,1-10H3,(H2,92,97)(H,93,103)(H2,91,94,95)/b13-11+,18-12+,59-19+,63-49+/t58-,60-,61-,62-,64-,65+,68?,70+,73-,74+,75-,76+,82-,83+,89+,90-/m1/s1. The molecular weight excluding hydrogens is 1620 g/mol. The minimum Gasteiger partial charge on any atom is -0.460 e. The smallest absolute Gasteiger partial charge is 0.329 e. The van der Waals surface area contributed by atoms with Crippen molar-refractivity contribution in [3.8, 4) is 0 Å². The maximum Gasteiger partial charge on any atom is 0.329 e. The number of benzene rings is 1. The summed E-state index contributed by atoms with van der Waals surface area (Å²) in [5.74, 6) is -11.1. The number of anilines is 2. The Morgan fingerprint density at radius 1 is 0.752 bits per heavy atom. The van der Waals surface area contributed by atoms with Gasteiger partial charge in [0, 0.05) is 83.4 Å². The molecule has 3 aromatic heterocycles. The SMILES string of the molecule is CO[C@H]1C[C@]2(O)CC[C@@H](C)[C@@](O)(O2)C(=O)C(=O)N2CCCC[C@H]2C(=O)O[C@H]([C@H](C)C[C@@H]2CC[C@@H](OCCOCc3cn(CCOCCOCCOCCOCCOCCOCCOCCC(=O)NCCCCC4N=C(c5ccc6oc(N)nc6c5)c5c(N)ncnc54)nn3)[C@H](OC)C2)CC(=O)[C@H](C)/C=C(\C)[C@@H](O)[C@@H](OC)C(=O)[C@H](C)C[C@H](C)/C=C/C=C/C=C/1C. The van der Waals surface area contributed by atoms with Crippen LogP contribution in [0.3, 0.4) is 0 Å². The average Bonchev–Trinajstić information content (AvgIpc) is 1.53. The number of cyclic esters (lactones) is 1. The number of carbonyl (C=O) groups is 6. The van der Waals surface area contributed by atoms with E-state index in [1.165, 1.54) is 20.5 Å². The second kappa shape index (κ2) is 51.8. The summed E-state index contributed by atoms with van der Waals surface area (Å²) >= 11 is 0. The number of carbonyl (C=O) groups excluding carboxylic acids is 6. The third kappa shape index (κ3) is 30.8. The predicted octanol–water partition coefficient (Wildman–Crippen LogP) is 7.81. The number of nitrogens with zero attached hydrogens (tertiary/aromatic N) is 8. The Morgan fingerprint density at radius 3 is 2.13 bits per heavy atom. The molecule has 0 radical (unpaired) electrons. The predicted molar refractivity (Wildman–Crippen MR) is 460 cm³/mol. The van der Waals surface area contributed by atoms with Crippen molar-refractivity contribution < 1.29 is 115 Å². The number of allylic oxidation sites excluding steroid dienone is 6. The van der Waals surface area contributed by atoms with Crippen LogP contribution >= 0.6 is 0 Å². The van der Waals surface area contributed by atoms with Crippen LogP contribution in [-0.4, -0.2) is 285 Å². The average molecular weight is 1760 g/mol. The molecule has 1 aliphatic carbocycles. The van der Waals surface area contributed by atoms with Gasteiger partial charge in [0.05, 0.1) is 166 Å². The highest BCUT2D eigenvalue weighted by Gasteiger charge is 2.57. The van der Waals surface area contributed by atoms with Crippen LogP contribution in [0.4, 0.5) is 11.8 Å². The molecule has 1 saturated carbocycles. The second-order valence-electron chi connectivity index (χ2n) is 33.3. The highest BCUT2D eigenvalue weighted by Crippen LogP contribution is 2.43. The van der Waals surface area contributed by atoms with Crippen LogP contribution in [-0.2, 0) is 108 Å². The number of ketones is 3. The molecule has 694 valence electrons. The zero-order valence-corrected chi connectivity index (χ0v) is 74.5. The van der Waals surface area contributed by atoms with Gasteiger partial charge >= 0.3 is 5.97 Å². The molecule has 5 aliphatic rings. The number of unbranched alkanes of at least 4 members (excludes halogenated alkanes) is 1. The normalized spacial score (nSPS) is 28.3. The Bertz CT molecular complexity index is 4210. The number of hydrogen-bond donors (Lipinski definition) is 6. The van der Waals surface area contributed by atoms with Gasteiger partial charge in [-0.15, -0.1) is 5.10 Å². The fraction of sp³-hybridized carbons (Fsp3) is 0.689. The highest BCUT2D eigenvalue weighted by molar-refractivity contribution is 6.39. The van der Waals surface area contributed by atoms with Crippen molar-refractivity contribution in [1.82, 2.24) is 40.2 Å². The molecule has 1 aromatic carbocycles. The van der Waals surface area contributed by atoms with E-state index in [1.54, 1.807) is 76.9 Å². The largest absolute Gasteiger partial charge is 0.460 e. The molecule has 9 rings (SSSR count). The lowest BCUT2D eigenvalue weighted by atomic mass is 9.78. The summed E-state index contributed by atoms with van der Waals surface area (Å²) in [7, 11) is 4.47. The number of amides is 2. The van der Waals surface area contributed by atoms with Gasteiger partial charge in [-0.2, -0.15) is 4.98 Å². The summed E-state index contributed by atoms with van der Waals surface area (Å²) in [6, 6.07) is 4.21. The number of aliphatic imine (C=N–C) groups is 1. The van der Waals surface area contributed by atoms with Crippen LogP contribution < -0.4 is 16.8 Å².